The molecule has 1 aromatic carbocycles. The van der Waals surface area contributed by atoms with Crippen molar-refractivity contribution in [3.05, 3.63) is 22.7 Å². The number of ether oxygens (including phenoxy) is 2. The van der Waals surface area contributed by atoms with E-state index < -0.39 is 0 Å². The Morgan fingerprint density at radius 2 is 2.05 bits per heavy atom. The maximum atomic E-state index is 12.7. The van der Waals surface area contributed by atoms with E-state index in [9.17, 15) is 4.79 Å². The van der Waals surface area contributed by atoms with E-state index in [4.69, 9.17) is 21.1 Å². The average Bonchev–Trinajstić information content (AvgIpc) is 2.95. The van der Waals surface area contributed by atoms with Crippen molar-refractivity contribution in [2.24, 2.45) is 5.92 Å². The van der Waals surface area contributed by atoms with E-state index in [0.29, 0.717) is 34.0 Å². The molecule has 0 saturated heterocycles. The molecule has 114 valence electrons. The molecule has 0 spiro atoms. The Balaban J connectivity index is 1.83. The largest absolute Gasteiger partial charge is 0.454 e. The van der Waals surface area contributed by atoms with Gasteiger partial charge in [0.15, 0.2) is 11.5 Å². The number of halogens is 1. The summed E-state index contributed by atoms with van der Waals surface area (Å²) in [7, 11) is 1.88. The highest BCUT2D eigenvalue weighted by Crippen LogP contribution is 2.40. The number of benzene rings is 1. The SMILES string of the molecule is CC1CCCCC1N(C)C(=O)c1cc(Cl)c2c(c1)OCO2. The van der Waals surface area contributed by atoms with E-state index in [1.165, 1.54) is 19.3 Å². The molecule has 0 radical (unpaired) electrons. The monoisotopic (exact) mass is 309 g/mol. The van der Waals surface area contributed by atoms with Crippen LogP contribution in [0.4, 0.5) is 0 Å². The Kier molecular flexibility index (Phi) is 3.98. The fourth-order valence-electron chi connectivity index (χ4n) is 3.32. The molecule has 1 aliphatic heterocycles. The minimum absolute atomic E-state index is 0.00560. The van der Waals surface area contributed by atoms with Gasteiger partial charge in [-0.15, -0.1) is 0 Å². The van der Waals surface area contributed by atoms with Crippen LogP contribution in [0.5, 0.6) is 11.5 Å². The molecule has 21 heavy (non-hydrogen) atoms. The molecule has 2 aliphatic rings. The van der Waals surface area contributed by atoms with Crippen LogP contribution < -0.4 is 9.47 Å². The maximum Gasteiger partial charge on any atom is 0.254 e. The van der Waals surface area contributed by atoms with Crippen molar-refractivity contribution in [3.8, 4) is 11.5 Å². The summed E-state index contributed by atoms with van der Waals surface area (Å²) in [5.74, 6) is 1.61. The summed E-state index contributed by atoms with van der Waals surface area (Å²) in [6.45, 7) is 2.38. The first-order valence-electron chi connectivity index (χ1n) is 7.44. The van der Waals surface area contributed by atoms with Gasteiger partial charge in [-0.25, -0.2) is 0 Å². The Labute approximate surface area is 130 Å². The van der Waals surface area contributed by atoms with Crippen molar-refractivity contribution < 1.29 is 14.3 Å². The molecular weight excluding hydrogens is 290 g/mol. The molecule has 1 aromatic rings. The molecule has 0 bridgehead atoms. The van der Waals surface area contributed by atoms with Crippen LogP contribution in [0.25, 0.3) is 0 Å². The number of carbonyl (C=O) groups excluding carboxylic acids is 1. The predicted molar refractivity (Wildman–Crippen MR) is 81.1 cm³/mol. The first-order valence-corrected chi connectivity index (χ1v) is 7.82. The van der Waals surface area contributed by atoms with Crippen molar-refractivity contribution in [3.63, 3.8) is 0 Å². The zero-order valence-corrected chi connectivity index (χ0v) is 13.2. The second-order valence-corrected chi connectivity index (χ2v) is 6.34. The molecular formula is C16H20ClNO3. The molecule has 2 atom stereocenters. The Hall–Kier alpha value is -1.42. The first-order chi connectivity index (χ1) is 10.1. The summed E-state index contributed by atoms with van der Waals surface area (Å²) in [6, 6.07) is 3.69. The number of amides is 1. The van der Waals surface area contributed by atoms with Gasteiger partial charge in [0.2, 0.25) is 6.79 Å². The number of carbonyl (C=O) groups is 1. The fraction of sp³-hybridized carbons (Fsp3) is 0.562. The number of nitrogens with zero attached hydrogens (tertiary/aromatic N) is 1. The van der Waals surface area contributed by atoms with Crippen molar-refractivity contribution in [1.29, 1.82) is 0 Å². The second kappa shape index (κ2) is 5.76. The Morgan fingerprint density at radius 1 is 1.29 bits per heavy atom. The summed E-state index contributed by atoms with van der Waals surface area (Å²) in [5.41, 5.74) is 0.560. The van der Waals surface area contributed by atoms with Gasteiger partial charge in [0.1, 0.15) is 0 Å². The number of hydrogen-bond acceptors (Lipinski definition) is 3. The Bertz CT molecular complexity index is 561. The smallest absolute Gasteiger partial charge is 0.254 e. The molecule has 1 amide bonds. The third kappa shape index (κ3) is 2.69. The minimum atomic E-state index is -0.00560. The lowest BCUT2D eigenvalue weighted by Crippen LogP contribution is -2.42. The minimum Gasteiger partial charge on any atom is -0.454 e. The quantitative estimate of drug-likeness (QED) is 0.835. The topological polar surface area (TPSA) is 38.8 Å². The van der Waals surface area contributed by atoms with Gasteiger partial charge >= 0.3 is 0 Å². The molecule has 4 nitrogen and oxygen atoms in total. The lowest BCUT2D eigenvalue weighted by Gasteiger charge is -2.36. The van der Waals surface area contributed by atoms with Crippen LogP contribution in [0, 0.1) is 5.92 Å². The van der Waals surface area contributed by atoms with Gasteiger partial charge in [0.05, 0.1) is 5.02 Å². The van der Waals surface area contributed by atoms with E-state index >= 15 is 0 Å². The molecule has 1 fully saturated rings. The number of rotatable bonds is 2. The van der Waals surface area contributed by atoms with E-state index in [1.807, 2.05) is 11.9 Å². The zero-order chi connectivity index (χ0) is 15.0. The highest BCUT2D eigenvalue weighted by Gasteiger charge is 2.29. The molecule has 0 aromatic heterocycles. The van der Waals surface area contributed by atoms with E-state index in [2.05, 4.69) is 6.92 Å². The van der Waals surface area contributed by atoms with Crippen molar-refractivity contribution in [2.75, 3.05) is 13.8 Å². The number of fused-ring (bicyclic) bond motifs is 1. The van der Waals surface area contributed by atoms with E-state index in [1.54, 1.807) is 12.1 Å². The van der Waals surface area contributed by atoms with Gasteiger partial charge in [-0.3, -0.25) is 4.79 Å². The first kappa shape index (κ1) is 14.5. The van der Waals surface area contributed by atoms with Crippen molar-refractivity contribution in [2.45, 2.75) is 38.6 Å². The summed E-state index contributed by atoms with van der Waals surface area (Å²) < 4.78 is 10.6. The Morgan fingerprint density at radius 3 is 2.81 bits per heavy atom. The van der Waals surface area contributed by atoms with Crippen LogP contribution in [0.15, 0.2) is 12.1 Å². The van der Waals surface area contributed by atoms with E-state index in [0.717, 1.165) is 6.42 Å². The van der Waals surface area contributed by atoms with Crippen LogP contribution in [0.2, 0.25) is 5.02 Å². The van der Waals surface area contributed by atoms with Crippen molar-refractivity contribution >= 4 is 17.5 Å². The van der Waals surface area contributed by atoms with Crippen LogP contribution in [0.3, 0.4) is 0 Å². The van der Waals surface area contributed by atoms with Gasteiger partial charge in [-0.05, 0) is 30.9 Å². The summed E-state index contributed by atoms with van der Waals surface area (Å²) >= 11 is 6.16. The van der Waals surface area contributed by atoms with Crippen LogP contribution in [0.1, 0.15) is 43.0 Å². The maximum absolute atomic E-state index is 12.7. The van der Waals surface area contributed by atoms with E-state index in [-0.39, 0.29) is 12.7 Å². The van der Waals surface area contributed by atoms with Crippen LogP contribution >= 0.6 is 11.6 Å². The summed E-state index contributed by atoms with van der Waals surface area (Å²) in [5, 5.41) is 0.429. The van der Waals surface area contributed by atoms with Crippen LogP contribution in [-0.2, 0) is 0 Å². The molecule has 1 saturated carbocycles. The molecule has 1 aliphatic carbocycles. The third-order valence-corrected chi connectivity index (χ3v) is 4.84. The highest BCUT2D eigenvalue weighted by molar-refractivity contribution is 6.32. The van der Waals surface area contributed by atoms with Gasteiger partial charge < -0.3 is 14.4 Å². The second-order valence-electron chi connectivity index (χ2n) is 5.94. The standard InChI is InChI=1S/C16H20ClNO3/c1-10-5-3-4-6-13(10)18(2)16(19)11-7-12(17)15-14(8-11)20-9-21-15/h7-8,10,13H,3-6,9H2,1-2H3. The van der Waals surface area contributed by atoms with Crippen molar-refractivity contribution in [1.82, 2.24) is 4.90 Å². The molecule has 1 heterocycles. The molecule has 5 heteroatoms. The summed E-state index contributed by atoms with van der Waals surface area (Å²) in [6.07, 6.45) is 4.70. The number of hydrogen-bond donors (Lipinski definition) is 0. The predicted octanol–water partition coefficient (Wildman–Crippen LogP) is 3.72. The zero-order valence-electron chi connectivity index (χ0n) is 12.4. The molecule has 0 N–H and O–H groups in total. The average molecular weight is 310 g/mol. The van der Waals surface area contributed by atoms with Gasteiger partial charge in [0, 0.05) is 18.7 Å². The highest BCUT2D eigenvalue weighted by atomic mass is 35.5. The third-order valence-electron chi connectivity index (χ3n) is 4.56. The van der Waals surface area contributed by atoms with Gasteiger partial charge in [-0.2, -0.15) is 0 Å². The lowest BCUT2D eigenvalue weighted by molar-refractivity contribution is 0.0628. The summed E-state index contributed by atoms with van der Waals surface area (Å²) in [4.78, 5) is 14.6. The van der Waals surface area contributed by atoms with Gasteiger partial charge in [-0.1, -0.05) is 31.4 Å². The normalized spacial score (nSPS) is 24.0. The molecule has 3 rings (SSSR count). The molecule has 2 unspecified atom stereocenters. The lowest BCUT2D eigenvalue weighted by atomic mass is 9.85. The van der Waals surface area contributed by atoms with Crippen LogP contribution in [-0.4, -0.2) is 30.7 Å². The van der Waals surface area contributed by atoms with Gasteiger partial charge in [0.25, 0.3) is 5.91 Å². The fourth-order valence-corrected chi connectivity index (χ4v) is 3.58.